The van der Waals surface area contributed by atoms with Crippen molar-refractivity contribution in [2.24, 2.45) is 0 Å². The van der Waals surface area contributed by atoms with Gasteiger partial charge in [0.25, 0.3) is 0 Å². The Kier molecular flexibility index (Phi) is 3.92. The SMILES string of the molecule is CC(=O)/C=C(/C)OCc1ccccc1. The van der Waals surface area contributed by atoms with Gasteiger partial charge in [-0.3, -0.25) is 4.79 Å². The van der Waals surface area contributed by atoms with Crippen molar-refractivity contribution in [1.29, 1.82) is 0 Å². The smallest absolute Gasteiger partial charge is 0.155 e. The number of ketones is 1. The molecule has 0 aliphatic heterocycles. The molecule has 0 fully saturated rings. The van der Waals surface area contributed by atoms with Crippen LogP contribution in [-0.4, -0.2) is 5.78 Å². The normalized spacial score (nSPS) is 11.1. The van der Waals surface area contributed by atoms with E-state index in [2.05, 4.69) is 0 Å². The van der Waals surface area contributed by atoms with Crippen molar-refractivity contribution in [1.82, 2.24) is 0 Å². The average Bonchev–Trinajstić information content (AvgIpc) is 2.15. The number of rotatable bonds is 4. The van der Waals surface area contributed by atoms with Gasteiger partial charge in [-0.25, -0.2) is 0 Å². The molecule has 0 N–H and O–H groups in total. The zero-order valence-corrected chi connectivity index (χ0v) is 8.49. The van der Waals surface area contributed by atoms with E-state index >= 15 is 0 Å². The van der Waals surface area contributed by atoms with Gasteiger partial charge in [0, 0.05) is 6.08 Å². The van der Waals surface area contributed by atoms with E-state index < -0.39 is 0 Å². The van der Waals surface area contributed by atoms with Crippen LogP contribution >= 0.6 is 0 Å². The van der Waals surface area contributed by atoms with Crippen molar-refractivity contribution < 1.29 is 9.53 Å². The van der Waals surface area contributed by atoms with Crippen LogP contribution in [0.25, 0.3) is 0 Å². The molecule has 0 aliphatic rings. The molecule has 0 bridgehead atoms. The molecular formula is C12H14O2. The van der Waals surface area contributed by atoms with Gasteiger partial charge in [-0.2, -0.15) is 0 Å². The molecule has 74 valence electrons. The highest BCUT2D eigenvalue weighted by Crippen LogP contribution is 2.04. The summed E-state index contributed by atoms with van der Waals surface area (Å²) in [5.74, 6) is 0.664. The molecule has 0 saturated carbocycles. The quantitative estimate of drug-likeness (QED) is 0.539. The third-order valence-corrected chi connectivity index (χ3v) is 1.72. The molecule has 0 atom stereocenters. The molecule has 2 heteroatoms. The molecule has 0 aromatic heterocycles. The first-order valence-electron chi connectivity index (χ1n) is 4.54. The third kappa shape index (κ3) is 3.90. The van der Waals surface area contributed by atoms with Gasteiger partial charge in [-0.1, -0.05) is 30.3 Å². The molecular weight excluding hydrogens is 176 g/mol. The number of hydrogen-bond donors (Lipinski definition) is 0. The number of carbonyl (C=O) groups is 1. The Balaban J connectivity index is 2.45. The molecule has 0 unspecified atom stereocenters. The van der Waals surface area contributed by atoms with Crippen molar-refractivity contribution >= 4 is 5.78 Å². The largest absolute Gasteiger partial charge is 0.493 e. The van der Waals surface area contributed by atoms with Crippen molar-refractivity contribution in [3.63, 3.8) is 0 Å². The predicted octanol–water partition coefficient (Wildman–Crippen LogP) is 2.70. The standard InChI is InChI=1S/C12H14O2/c1-10(13)8-11(2)14-9-12-6-4-3-5-7-12/h3-8H,9H2,1-2H3/b11-8-. The lowest BCUT2D eigenvalue weighted by atomic mass is 10.2. The number of allylic oxidation sites excluding steroid dienone is 2. The van der Waals surface area contributed by atoms with Gasteiger partial charge < -0.3 is 4.74 Å². The lowest BCUT2D eigenvalue weighted by Crippen LogP contribution is -1.93. The van der Waals surface area contributed by atoms with Gasteiger partial charge in [0.05, 0.1) is 5.76 Å². The van der Waals surface area contributed by atoms with Gasteiger partial charge in [-0.05, 0) is 19.4 Å². The molecule has 1 rings (SSSR count). The molecule has 2 nitrogen and oxygen atoms in total. The number of carbonyl (C=O) groups excluding carboxylic acids is 1. The lowest BCUT2D eigenvalue weighted by molar-refractivity contribution is -0.112. The summed E-state index contributed by atoms with van der Waals surface area (Å²) in [5, 5.41) is 0. The van der Waals surface area contributed by atoms with E-state index in [1.54, 1.807) is 6.92 Å². The van der Waals surface area contributed by atoms with Gasteiger partial charge in [0.1, 0.15) is 6.61 Å². The minimum absolute atomic E-state index is 0.00978. The molecule has 0 heterocycles. The van der Waals surface area contributed by atoms with Crippen molar-refractivity contribution in [3.05, 3.63) is 47.7 Å². The summed E-state index contributed by atoms with van der Waals surface area (Å²) in [6.45, 7) is 3.80. The lowest BCUT2D eigenvalue weighted by Gasteiger charge is -2.05. The Hall–Kier alpha value is -1.57. The second kappa shape index (κ2) is 5.22. The summed E-state index contributed by atoms with van der Waals surface area (Å²) in [6.07, 6.45) is 1.49. The Morgan fingerprint density at radius 1 is 1.29 bits per heavy atom. The summed E-state index contributed by atoms with van der Waals surface area (Å²) < 4.78 is 5.38. The second-order valence-corrected chi connectivity index (χ2v) is 3.14. The van der Waals surface area contributed by atoms with Crippen LogP contribution in [0.2, 0.25) is 0 Å². The van der Waals surface area contributed by atoms with E-state index in [4.69, 9.17) is 4.74 Å². The highest BCUT2D eigenvalue weighted by molar-refractivity contribution is 5.87. The van der Waals surface area contributed by atoms with E-state index in [-0.39, 0.29) is 5.78 Å². The van der Waals surface area contributed by atoms with Gasteiger partial charge >= 0.3 is 0 Å². The molecule has 0 spiro atoms. The van der Waals surface area contributed by atoms with Crippen LogP contribution in [0.4, 0.5) is 0 Å². The monoisotopic (exact) mass is 190 g/mol. The van der Waals surface area contributed by atoms with Crippen molar-refractivity contribution in [3.8, 4) is 0 Å². The summed E-state index contributed by atoms with van der Waals surface area (Å²) in [6, 6.07) is 9.86. The van der Waals surface area contributed by atoms with Gasteiger partial charge in [0.15, 0.2) is 5.78 Å². The van der Waals surface area contributed by atoms with E-state index in [1.165, 1.54) is 13.0 Å². The summed E-state index contributed by atoms with van der Waals surface area (Å²) in [7, 11) is 0. The first-order valence-corrected chi connectivity index (χ1v) is 4.54. The molecule has 1 aromatic carbocycles. The maximum atomic E-state index is 10.7. The maximum Gasteiger partial charge on any atom is 0.155 e. The fraction of sp³-hybridized carbons (Fsp3) is 0.250. The first kappa shape index (κ1) is 10.5. The average molecular weight is 190 g/mol. The van der Waals surface area contributed by atoms with E-state index in [0.717, 1.165) is 5.56 Å². The maximum absolute atomic E-state index is 10.7. The molecule has 14 heavy (non-hydrogen) atoms. The minimum Gasteiger partial charge on any atom is -0.493 e. The number of hydrogen-bond acceptors (Lipinski definition) is 2. The highest BCUT2D eigenvalue weighted by Gasteiger charge is 1.94. The van der Waals surface area contributed by atoms with Crippen molar-refractivity contribution in [2.75, 3.05) is 0 Å². The zero-order valence-electron chi connectivity index (χ0n) is 8.49. The van der Waals surface area contributed by atoms with Gasteiger partial charge in [-0.15, -0.1) is 0 Å². The van der Waals surface area contributed by atoms with Crippen LogP contribution in [0.15, 0.2) is 42.2 Å². The van der Waals surface area contributed by atoms with E-state index in [9.17, 15) is 4.79 Å². The first-order chi connectivity index (χ1) is 6.68. The van der Waals surface area contributed by atoms with E-state index in [0.29, 0.717) is 12.4 Å². The Morgan fingerprint density at radius 3 is 2.50 bits per heavy atom. The number of benzene rings is 1. The summed E-state index contributed by atoms with van der Waals surface area (Å²) in [5.41, 5.74) is 1.10. The van der Waals surface area contributed by atoms with Crippen LogP contribution in [0.3, 0.4) is 0 Å². The molecule has 0 radical (unpaired) electrons. The summed E-state index contributed by atoms with van der Waals surface area (Å²) in [4.78, 5) is 10.7. The second-order valence-electron chi connectivity index (χ2n) is 3.14. The number of ether oxygens (including phenoxy) is 1. The Labute approximate surface area is 84.2 Å². The molecule has 0 amide bonds. The fourth-order valence-electron chi connectivity index (χ4n) is 1.10. The minimum atomic E-state index is 0.00978. The molecule has 0 saturated heterocycles. The Morgan fingerprint density at radius 2 is 1.93 bits per heavy atom. The molecule has 0 aliphatic carbocycles. The highest BCUT2D eigenvalue weighted by atomic mass is 16.5. The topological polar surface area (TPSA) is 26.3 Å². The summed E-state index contributed by atoms with van der Waals surface area (Å²) >= 11 is 0. The van der Waals surface area contributed by atoms with Crippen LogP contribution in [0, 0.1) is 0 Å². The van der Waals surface area contributed by atoms with E-state index in [1.807, 2.05) is 30.3 Å². The van der Waals surface area contributed by atoms with Crippen molar-refractivity contribution in [2.45, 2.75) is 20.5 Å². The van der Waals surface area contributed by atoms with Crippen LogP contribution in [-0.2, 0) is 16.1 Å². The van der Waals surface area contributed by atoms with Gasteiger partial charge in [0.2, 0.25) is 0 Å². The van der Waals surface area contributed by atoms with Crippen LogP contribution in [0.5, 0.6) is 0 Å². The fourth-order valence-corrected chi connectivity index (χ4v) is 1.10. The van der Waals surface area contributed by atoms with Crippen LogP contribution < -0.4 is 0 Å². The predicted molar refractivity (Wildman–Crippen MR) is 55.7 cm³/mol. The zero-order chi connectivity index (χ0) is 10.4. The molecule has 1 aromatic rings. The third-order valence-electron chi connectivity index (χ3n) is 1.72. The van der Waals surface area contributed by atoms with Crippen LogP contribution in [0.1, 0.15) is 19.4 Å². The Bertz CT molecular complexity index is 325.